The molecule has 1 heterocycles. The second-order valence-corrected chi connectivity index (χ2v) is 6.44. The normalized spacial score (nSPS) is 10.7. The van der Waals surface area contributed by atoms with Gasteiger partial charge in [0.15, 0.2) is 4.34 Å². The van der Waals surface area contributed by atoms with Crippen molar-refractivity contribution in [3.8, 4) is 0 Å². The molecule has 0 atom stereocenters. The number of aromatic nitrogens is 2. The van der Waals surface area contributed by atoms with Crippen molar-refractivity contribution in [3.63, 3.8) is 0 Å². The lowest BCUT2D eigenvalue weighted by atomic mass is 9.80. The Hall–Kier alpha value is -1.16. The maximum absolute atomic E-state index is 13.8. The summed E-state index contributed by atoms with van der Waals surface area (Å²) in [4.78, 5) is 1.86. The minimum absolute atomic E-state index is 0.141. The molecule has 0 unspecified atom stereocenters. The van der Waals surface area contributed by atoms with Gasteiger partial charge in [0.1, 0.15) is 5.82 Å². The van der Waals surface area contributed by atoms with Gasteiger partial charge in [-0.2, -0.15) is 0 Å². The van der Waals surface area contributed by atoms with E-state index in [1.165, 1.54) is 29.2 Å². The van der Waals surface area contributed by atoms with Gasteiger partial charge in [0, 0.05) is 19.8 Å². The lowest BCUT2D eigenvalue weighted by Gasteiger charge is -2.05. The van der Waals surface area contributed by atoms with Crippen LogP contribution in [0.25, 0.3) is 0 Å². The van der Waals surface area contributed by atoms with Crippen LogP contribution < -0.4 is 10.4 Å². The first-order valence-corrected chi connectivity index (χ1v) is 7.55. The number of benzene rings is 1. The van der Waals surface area contributed by atoms with Gasteiger partial charge in [-0.15, -0.1) is 10.2 Å². The minimum atomic E-state index is -1.66. The summed E-state index contributed by atoms with van der Waals surface area (Å²) in [7, 11) is 2.11. The molecule has 5 nitrogen and oxygen atoms in total. The van der Waals surface area contributed by atoms with Crippen molar-refractivity contribution >= 4 is 40.8 Å². The zero-order valence-corrected chi connectivity index (χ0v) is 12.6. The molecule has 0 radical (unpaired) electrons. The van der Waals surface area contributed by atoms with Crippen LogP contribution in [0.1, 0.15) is 5.56 Å². The quantitative estimate of drug-likeness (QED) is 0.626. The molecular weight excluding hydrogens is 300 g/mol. The average molecular weight is 313 g/mol. The topological polar surface area (TPSA) is 69.5 Å². The smallest absolute Gasteiger partial charge is 0.423 e. The van der Waals surface area contributed by atoms with Gasteiger partial charge < -0.3 is 14.9 Å². The summed E-state index contributed by atoms with van der Waals surface area (Å²) in [6.45, 7) is 0. The summed E-state index contributed by atoms with van der Waals surface area (Å²) in [6.07, 6.45) is 0. The van der Waals surface area contributed by atoms with Crippen molar-refractivity contribution < 1.29 is 14.4 Å². The van der Waals surface area contributed by atoms with Gasteiger partial charge in [-0.05, 0) is 17.1 Å². The number of rotatable bonds is 5. The third-order valence-corrected chi connectivity index (χ3v) is 4.78. The van der Waals surface area contributed by atoms with Crippen LogP contribution in [0.4, 0.5) is 9.52 Å². The van der Waals surface area contributed by atoms with Crippen LogP contribution in [0.3, 0.4) is 0 Å². The van der Waals surface area contributed by atoms with Gasteiger partial charge in [0.2, 0.25) is 5.13 Å². The van der Waals surface area contributed by atoms with Crippen LogP contribution in [0.2, 0.25) is 0 Å². The highest BCUT2D eigenvalue weighted by Gasteiger charge is 2.14. The second kappa shape index (κ2) is 6.53. The number of anilines is 1. The van der Waals surface area contributed by atoms with Gasteiger partial charge in [0.25, 0.3) is 0 Å². The molecule has 0 saturated heterocycles. The van der Waals surface area contributed by atoms with Crippen molar-refractivity contribution in [2.24, 2.45) is 0 Å². The molecule has 106 valence electrons. The van der Waals surface area contributed by atoms with Crippen LogP contribution in [-0.4, -0.2) is 41.5 Å². The summed E-state index contributed by atoms with van der Waals surface area (Å²) in [5, 5.41) is 26.7. The molecule has 9 heteroatoms. The molecule has 0 bridgehead atoms. The number of nitrogens with zero attached hydrogens (tertiary/aromatic N) is 3. The molecule has 0 aliphatic heterocycles. The highest BCUT2D eigenvalue weighted by molar-refractivity contribution is 8.00. The standard InChI is InChI=1S/C11H13BFN3O2S2/c1-16(2)10-14-15-11(20-10)19-6-7-3-4-8(12(17)18)5-9(7)13/h3-5,17-18H,6H2,1-2H3. The molecule has 0 spiro atoms. The molecule has 2 aromatic rings. The van der Waals surface area contributed by atoms with Crippen molar-refractivity contribution in [2.75, 3.05) is 19.0 Å². The predicted molar refractivity (Wildman–Crippen MR) is 80.0 cm³/mol. The first kappa shape index (κ1) is 15.2. The van der Waals surface area contributed by atoms with E-state index in [9.17, 15) is 4.39 Å². The Morgan fingerprint density at radius 3 is 2.65 bits per heavy atom. The molecule has 0 aliphatic rings. The minimum Gasteiger partial charge on any atom is -0.423 e. The lowest BCUT2D eigenvalue weighted by Crippen LogP contribution is -2.30. The van der Waals surface area contributed by atoms with E-state index >= 15 is 0 Å². The Bertz CT molecular complexity index is 595. The SMILES string of the molecule is CN(C)c1nnc(SCc2ccc(B(O)O)cc2F)s1. The molecule has 20 heavy (non-hydrogen) atoms. The van der Waals surface area contributed by atoms with Gasteiger partial charge in [-0.25, -0.2) is 4.39 Å². The third-order valence-electron chi connectivity index (χ3n) is 2.50. The Morgan fingerprint density at radius 1 is 1.35 bits per heavy atom. The first-order chi connectivity index (χ1) is 9.47. The van der Waals surface area contributed by atoms with E-state index in [2.05, 4.69) is 10.2 Å². The molecule has 0 amide bonds. The van der Waals surface area contributed by atoms with Crippen LogP contribution >= 0.6 is 23.1 Å². The fourth-order valence-electron chi connectivity index (χ4n) is 1.42. The molecule has 1 aromatic heterocycles. The summed E-state index contributed by atoms with van der Waals surface area (Å²) in [6, 6.07) is 4.17. The number of hydrogen-bond donors (Lipinski definition) is 2. The van der Waals surface area contributed by atoms with Gasteiger partial charge >= 0.3 is 7.12 Å². The maximum Gasteiger partial charge on any atom is 0.488 e. The van der Waals surface area contributed by atoms with E-state index in [4.69, 9.17) is 10.0 Å². The van der Waals surface area contributed by atoms with Crippen molar-refractivity contribution in [1.82, 2.24) is 10.2 Å². The molecule has 2 rings (SSSR count). The highest BCUT2D eigenvalue weighted by atomic mass is 32.2. The van der Waals surface area contributed by atoms with E-state index in [0.29, 0.717) is 11.3 Å². The molecule has 0 fully saturated rings. The van der Waals surface area contributed by atoms with Crippen molar-refractivity contribution in [2.45, 2.75) is 10.1 Å². The number of hydrogen-bond acceptors (Lipinski definition) is 7. The van der Waals surface area contributed by atoms with E-state index in [-0.39, 0.29) is 5.46 Å². The number of thioether (sulfide) groups is 1. The molecular formula is C11H13BFN3O2S2. The molecule has 1 aromatic carbocycles. The average Bonchev–Trinajstić information content (AvgIpc) is 2.86. The van der Waals surface area contributed by atoms with Crippen molar-refractivity contribution in [3.05, 3.63) is 29.6 Å². The van der Waals surface area contributed by atoms with Gasteiger partial charge in [-0.1, -0.05) is 35.2 Å². The molecule has 0 saturated carbocycles. The van der Waals surface area contributed by atoms with E-state index in [1.807, 2.05) is 19.0 Å². The Morgan fingerprint density at radius 2 is 2.10 bits per heavy atom. The van der Waals surface area contributed by atoms with E-state index in [1.54, 1.807) is 6.07 Å². The summed E-state index contributed by atoms with van der Waals surface area (Å²) < 4.78 is 14.5. The van der Waals surface area contributed by atoms with E-state index < -0.39 is 12.9 Å². The van der Waals surface area contributed by atoms with Crippen LogP contribution in [0.15, 0.2) is 22.5 Å². The largest absolute Gasteiger partial charge is 0.488 e. The fourth-order valence-corrected chi connectivity index (χ4v) is 3.17. The van der Waals surface area contributed by atoms with E-state index in [0.717, 1.165) is 15.5 Å². The third kappa shape index (κ3) is 3.69. The summed E-state index contributed by atoms with van der Waals surface area (Å²) in [5.41, 5.74) is 0.628. The van der Waals surface area contributed by atoms with Gasteiger partial charge in [0.05, 0.1) is 0 Å². The zero-order valence-electron chi connectivity index (χ0n) is 10.9. The number of halogens is 1. The zero-order chi connectivity index (χ0) is 14.7. The maximum atomic E-state index is 13.8. The predicted octanol–water partition coefficient (Wildman–Crippen LogP) is 0.715. The monoisotopic (exact) mass is 313 g/mol. The highest BCUT2D eigenvalue weighted by Crippen LogP contribution is 2.29. The Labute approximate surface area is 124 Å². The summed E-state index contributed by atoms with van der Waals surface area (Å²) >= 11 is 2.83. The van der Waals surface area contributed by atoms with Crippen LogP contribution in [0.5, 0.6) is 0 Å². The molecule has 2 N–H and O–H groups in total. The second-order valence-electron chi connectivity index (χ2n) is 4.26. The first-order valence-electron chi connectivity index (χ1n) is 5.75. The fraction of sp³-hybridized carbons (Fsp3) is 0.273. The van der Waals surface area contributed by atoms with Crippen LogP contribution in [0, 0.1) is 5.82 Å². The van der Waals surface area contributed by atoms with Gasteiger partial charge in [-0.3, -0.25) is 0 Å². The molecule has 0 aliphatic carbocycles. The van der Waals surface area contributed by atoms with Crippen LogP contribution in [-0.2, 0) is 5.75 Å². The Balaban J connectivity index is 2.03. The van der Waals surface area contributed by atoms with Crippen molar-refractivity contribution in [1.29, 1.82) is 0 Å². The lowest BCUT2D eigenvalue weighted by molar-refractivity contribution is 0.425. The Kier molecular flexibility index (Phi) is 4.98. The summed E-state index contributed by atoms with van der Waals surface area (Å²) in [5.74, 6) is -0.0455.